The SMILES string of the molecule is CC(C)(O)C#Cc1ccc(C(=O)N[C@H](CC(=O)O)c2ccccc2)s1. The Morgan fingerprint density at radius 3 is 2.48 bits per heavy atom. The highest BCUT2D eigenvalue weighted by atomic mass is 32.1. The fourth-order valence-electron chi connectivity index (χ4n) is 2.08. The molecule has 130 valence electrons. The van der Waals surface area contributed by atoms with Gasteiger partial charge < -0.3 is 15.5 Å². The van der Waals surface area contributed by atoms with Crippen LogP contribution in [-0.2, 0) is 4.79 Å². The molecular weight excluding hydrogens is 338 g/mol. The van der Waals surface area contributed by atoms with E-state index in [1.54, 1.807) is 50.2 Å². The highest BCUT2D eigenvalue weighted by Gasteiger charge is 2.19. The Morgan fingerprint density at radius 2 is 1.88 bits per heavy atom. The molecule has 1 aromatic heterocycles. The number of carbonyl (C=O) groups is 2. The van der Waals surface area contributed by atoms with Crippen molar-refractivity contribution in [2.24, 2.45) is 0 Å². The Kier molecular flexibility index (Phi) is 5.97. The molecule has 6 heteroatoms. The van der Waals surface area contributed by atoms with Gasteiger partial charge in [0.2, 0.25) is 0 Å². The van der Waals surface area contributed by atoms with Crippen LogP contribution in [0.5, 0.6) is 0 Å². The fraction of sp³-hybridized carbons (Fsp3) is 0.263. The lowest BCUT2D eigenvalue weighted by atomic mass is 10.0. The lowest BCUT2D eigenvalue weighted by molar-refractivity contribution is -0.137. The molecule has 0 unspecified atom stereocenters. The van der Waals surface area contributed by atoms with Gasteiger partial charge in [0.05, 0.1) is 22.2 Å². The summed E-state index contributed by atoms with van der Waals surface area (Å²) in [4.78, 5) is 24.6. The molecule has 1 heterocycles. The molecule has 1 aromatic carbocycles. The highest BCUT2D eigenvalue weighted by molar-refractivity contribution is 7.14. The van der Waals surface area contributed by atoms with Crippen molar-refractivity contribution in [2.45, 2.75) is 31.9 Å². The quantitative estimate of drug-likeness (QED) is 0.718. The molecule has 3 N–H and O–H groups in total. The molecular formula is C19H19NO4S. The molecule has 0 spiro atoms. The molecule has 0 fully saturated rings. The number of nitrogens with one attached hydrogen (secondary N) is 1. The van der Waals surface area contributed by atoms with Gasteiger partial charge in [-0.25, -0.2) is 0 Å². The van der Waals surface area contributed by atoms with Crippen LogP contribution < -0.4 is 5.32 Å². The number of aliphatic hydroxyl groups is 1. The molecule has 25 heavy (non-hydrogen) atoms. The van der Waals surface area contributed by atoms with Gasteiger partial charge in [-0.15, -0.1) is 11.3 Å². The van der Waals surface area contributed by atoms with Gasteiger partial charge in [-0.3, -0.25) is 9.59 Å². The molecule has 2 rings (SSSR count). The van der Waals surface area contributed by atoms with Crippen molar-refractivity contribution in [3.05, 3.63) is 57.8 Å². The summed E-state index contributed by atoms with van der Waals surface area (Å²) >= 11 is 1.19. The standard InChI is InChI=1S/C19H19NO4S/c1-19(2,24)11-10-14-8-9-16(25-14)18(23)20-15(12-17(21)22)13-6-4-3-5-7-13/h3-9,15,24H,12H2,1-2H3,(H,20,23)(H,21,22)/t15-/m1/s1. The Bertz CT molecular complexity index is 809. The molecule has 0 saturated heterocycles. The largest absolute Gasteiger partial charge is 0.481 e. The van der Waals surface area contributed by atoms with E-state index in [4.69, 9.17) is 5.11 Å². The number of aliphatic carboxylic acids is 1. The lowest BCUT2D eigenvalue weighted by Crippen LogP contribution is -2.29. The minimum Gasteiger partial charge on any atom is -0.481 e. The average Bonchev–Trinajstić information content (AvgIpc) is 3.01. The number of carboxylic acid groups (broad SMARTS) is 1. The van der Waals surface area contributed by atoms with Crippen molar-refractivity contribution in [1.82, 2.24) is 5.32 Å². The maximum Gasteiger partial charge on any atom is 0.305 e. The van der Waals surface area contributed by atoms with Gasteiger partial charge >= 0.3 is 5.97 Å². The molecule has 0 saturated carbocycles. The summed E-state index contributed by atoms with van der Waals surface area (Å²) < 4.78 is 0. The topological polar surface area (TPSA) is 86.6 Å². The van der Waals surface area contributed by atoms with Gasteiger partial charge in [-0.05, 0) is 31.5 Å². The first-order valence-electron chi connectivity index (χ1n) is 7.67. The predicted octanol–water partition coefficient (Wildman–Crippen LogP) is 2.82. The fourth-order valence-corrected chi connectivity index (χ4v) is 2.85. The van der Waals surface area contributed by atoms with Gasteiger partial charge in [-0.2, -0.15) is 0 Å². The minimum atomic E-state index is -1.10. The highest BCUT2D eigenvalue weighted by Crippen LogP contribution is 2.20. The van der Waals surface area contributed by atoms with Crippen molar-refractivity contribution < 1.29 is 19.8 Å². The van der Waals surface area contributed by atoms with Gasteiger partial charge in [0.1, 0.15) is 5.60 Å². The average molecular weight is 357 g/mol. The molecule has 0 bridgehead atoms. The Balaban J connectivity index is 2.14. The Labute approximate surface area is 150 Å². The molecule has 0 aliphatic carbocycles. The zero-order valence-electron chi connectivity index (χ0n) is 13.9. The van der Waals surface area contributed by atoms with Gasteiger partial charge in [0.25, 0.3) is 5.91 Å². The van der Waals surface area contributed by atoms with E-state index in [1.807, 2.05) is 6.07 Å². The number of hydrogen-bond acceptors (Lipinski definition) is 4. The number of rotatable bonds is 5. The second kappa shape index (κ2) is 7.97. The molecule has 0 aliphatic heterocycles. The second-order valence-electron chi connectivity index (χ2n) is 6.01. The molecule has 1 atom stereocenters. The first kappa shape index (κ1) is 18.7. The number of benzene rings is 1. The van der Waals surface area contributed by atoms with Crippen LogP contribution in [0.2, 0.25) is 0 Å². The van der Waals surface area contributed by atoms with Crippen LogP contribution in [0.4, 0.5) is 0 Å². The molecule has 0 radical (unpaired) electrons. The normalized spacial score (nSPS) is 12.0. The van der Waals surface area contributed by atoms with E-state index in [1.165, 1.54) is 11.3 Å². The summed E-state index contributed by atoms with van der Waals surface area (Å²) in [5.41, 5.74) is -0.372. The van der Waals surface area contributed by atoms with Crippen LogP contribution in [-0.4, -0.2) is 27.7 Å². The number of carboxylic acids is 1. The van der Waals surface area contributed by atoms with Crippen molar-refractivity contribution in [3.8, 4) is 11.8 Å². The van der Waals surface area contributed by atoms with E-state index in [0.29, 0.717) is 9.75 Å². The molecule has 5 nitrogen and oxygen atoms in total. The molecule has 1 amide bonds. The van der Waals surface area contributed by atoms with Crippen LogP contribution in [0.3, 0.4) is 0 Å². The van der Waals surface area contributed by atoms with Crippen molar-refractivity contribution in [1.29, 1.82) is 0 Å². The van der Waals surface area contributed by atoms with Crippen LogP contribution >= 0.6 is 11.3 Å². The van der Waals surface area contributed by atoms with E-state index in [9.17, 15) is 14.7 Å². The summed E-state index contributed by atoms with van der Waals surface area (Å²) in [6, 6.07) is 11.7. The summed E-state index contributed by atoms with van der Waals surface area (Å²) in [5, 5.41) is 21.5. The second-order valence-corrected chi connectivity index (χ2v) is 7.09. The molecule has 0 aliphatic rings. The third-order valence-corrected chi connectivity index (χ3v) is 4.21. The smallest absolute Gasteiger partial charge is 0.305 e. The van der Waals surface area contributed by atoms with E-state index in [-0.39, 0.29) is 12.3 Å². The number of carbonyl (C=O) groups excluding carboxylic acids is 1. The van der Waals surface area contributed by atoms with Crippen molar-refractivity contribution in [3.63, 3.8) is 0 Å². The minimum absolute atomic E-state index is 0.202. The van der Waals surface area contributed by atoms with Crippen molar-refractivity contribution >= 4 is 23.2 Å². The summed E-state index contributed by atoms with van der Waals surface area (Å²) in [5.74, 6) is 4.17. The van der Waals surface area contributed by atoms with E-state index in [2.05, 4.69) is 17.2 Å². The zero-order valence-corrected chi connectivity index (χ0v) is 14.8. The first-order valence-corrected chi connectivity index (χ1v) is 8.49. The van der Waals surface area contributed by atoms with Gasteiger partial charge in [0, 0.05) is 0 Å². The van der Waals surface area contributed by atoms with Crippen LogP contribution in [0.15, 0.2) is 42.5 Å². The number of thiophene rings is 1. The van der Waals surface area contributed by atoms with Crippen LogP contribution in [0, 0.1) is 11.8 Å². The number of amides is 1. The Hall–Kier alpha value is -2.62. The van der Waals surface area contributed by atoms with E-state index < -0.39 is 17.6 Å². The maximum absolute atomic E-state index is 12.4. The monoisotopic (exact) mass is 357 g/mol. The molecule has 2 aromatic rings. The summed E-state index contributed by atoms with van der Waals surface area (Å²) in [6.45, 7) is 3.16. The number of hydrogen-bond donors (Lipinski definition) is 3. The zero-order chi connectivity index (χ0) is 18.4. The van der Waals surface area contributed by atoms with E-state index >= 15 is 0 Å². The lowest BCUT2D eigenvalue weighted by Gasteiger charge is -2.16. The third kappa shape index (κ3) is 6.07. The van der Waals surface area contributed by atoms with Crippen LogP contribution in [0.1, 0.15) is 46.4 Å². The Morgan fingerprint density at radius 1 is 1.20 bits per heavy atom. The maximum atomic E-state index is 12.4. The van der Waals surface area contributed by atoms with Gasteiger partial charge in [0.15, 0.2) is 0 Å². The third-order valence-electron chi connectivity index (χ3n) is 3.21. The summed E-state index contributed by atoms with van der Waals surface area (Å²) in [7, 11) is 0. The van der Waals surface area contributed by atoms with Gasteiger partial charge in [-0.1, -0.05) is 42.2 Å². The van der Waals surface area contributed by atoms with E-state index in [0.717, 1.165) is 5.56 Å². The predicted molar refractivity (Wildman–Crippen MR) is 96.4 cm³/mol. The first-order chi connectivity index (χ1) is 11.7. The van der Waals surface area contributed by atoms with Crippen LogP contribution in [0.25, 0.3) is 0 Å². The summed E-state index contributed by atoms with van der Waals surface area (Å²) in [6.07, 6.45) is -0.202. The van der Waals surface area contributed by atoms with Crippen molar-refractivity contribution in [2.75, 3.05) is 0 Å².